The van der Waals surface area contributed by atoms with Gasteiger partial charge in [0.25, 0.3) is 5.91 Å². The Bertz CT molecular complexity index is 790. The van der Waals surface area contributed by atoms with Crippen LogP contribution in [0.3, 0.4) is 0 Å². The topological polar surface area (TPSA) is 94.1 Å². The number of carbonyl (C=O) groups is 2. The smallest absolute Gasteiger partial charge is 0.337 e. The molecule has 0 heterocycles. The fraction of sp³-hybridized carbons (Fsp3) is 0.222. The number of hydrogen-bond donors (Lipinski definition) is 2. The first-order valence-corrected chi connectivity index (χ1v) is 7.37. The van der Waals surface area contributed by atoms with Gasteiger partial charge in [0, 0.05) is 5.56 Å². The molecular formula is C18H19NO6. The Morgan fingerprint density at radius 2 is 1.60 bits per heavy atom. The van der Waals surface area contributed by atoms with Gasteiger partial charge in [-0.3, -0.25) is 4.79 Å². The molecule has 0 unspecified atom stereocenters. The van der Waals surface area contributed by atoms with Gasteiger partial charge in [0.05, 0.1) is 32.6 Å². The van der Waals surface area contributed by atoms with E-state index in [2.05, 4.69) is 5.32 Å². The van der Waals surface area contributed by atoms with Crippen LogP contribution in [0.1, 0.15) is 26.3 Å². The van der Waals surface area contributed by atoms with Crippen LogP contribution in [0.2, 0.25) is 0 Å². The Morgan fingerprint density at radius 3 is 2.08 bits per heavy atom. The SMILES string of the molecule is COc1cc(C(=O)Nc2c(C)cccc2C(=O)O)cc(OC)c1OC. The van der Waals surface area contributed by atoms with Crippen molar-refractivity contribution in [3.8, 4) is 17.2 Å². The molecule has 0 atom stereocenters. The molecule has 0 aromatic heterocycles. The predicted molar refractivity (Wildman–Crippen MR) is 92.2 cm³/mol. The molecule has 0 radical (unpaired) electrons. The third-order valence-corrected chi connectivity index (χ3v) is 3.67. The summed E-state index contributed by atoms with van der Waals surface area (Å²) >= 11 is 0. The van der Waals surface area contributed by atoms with Crippen LogP contribution in [0.4, 0.5) is 5.69 Å². The molecule has 2 aromatic carbocycles. The fourth-order valence-electron chi connectivity index (χ4n) is 2.41. The molecule has 2 aromatic rings. The zero-order chi connectivity index (χ0) is 18.6. The molecule has 0 saturated carbocycles. The van der Waals surface area contributed by atoms with Crippen LogP contribution in [0, 0.1) is 6.92 Å². The van der Waals surface area contributed by atoms with Crippen LogP contribution in [-0.2, 0) is 0 Å². The molecule has 0 aliphatic rings. The Kier molecular flexibility index (Phi) is 5.49. The highest BCUT2D eigenvalue weighted by Gasteiger charge is 2.19. The summed E-state index contributed by atoms with van der Waals surface area (Å²) in [6.07, 6.45) is 0. The van der Waals surface area contributed by atoms with Crippen molar-refractivity contribution in [3.05, 3.63) is 47.0 Å². The van der Waals surface area contributed by atoms with Gasteiger partial charge in [0.15, 0.2) is 11.5 Å². The van der Waals surface area contributed by atoms with E-state index in [4.69, 9.17) is 14.2 Å². The van der Waals surface area contributed by atoms with Crippen molar-refractivity contribution < 1.29 is 28.9 Å². The minimum Gasteiger partial charge on any atom is -0.493 e. The van der Waals surface area contributed by atoms with E-state index in [0.717, 1.165) is 0 Å². The van der Waals surface area contributed by atoms with Crippen LogP contribution in [-0.4, -0.2) is 38.3 Å². The highest BCUT2D eigenvalue weighted by atomic mass is 16.5. The predicted octanol–water partition coefficient (Wildman–Crippen LogP) is 2.97. The number of hydrogen-bond acceptors (Lipinski definition) is 5. The third-order valence-electron chi connectivity index (χ3n) is 3.67. The molecule has 7 heteroatoms. The molecule has 0 bridgehead atoms. The maximum absolute atomic E-state index is 12.6. The van der Waals surface area contributed by atoms with E-state index in [0.29, 0.717) is 22.8 Å². The second kappa shape index (κ2) is 7.57. The molecule has 132 valence electrons. The van der Waals surface area contributed by atoms with Crippen molar-refractivity contribution in [2.45, 2.75) is 6.92 Å². The van der Waals surface area contributed by atoms with Gasteiger partial charge in [-0.25, -0.2) is 4.79 Å². The molecule has 2 rings (SSSR count). The van der Waals surface area contributed by atoms with Crippen molar-refractivity contribution in [2.24, 2.45) is 0 Å². The highest BCUT2D eigenvalue weighted by Crippen LogP contribution is 2.38. The number of nitrogens with one attached hydrogen (secondary N) is 1. The van der Waals surface area contributed by atoms with Crippen LogP contribution in [0.15, 0.2) is 30.3 Å². The van der Waals surface area contributed by atoms with Crippen molar-refractivity contribution >= 4 is 17.6 Å². The molecule has 7 nitrogen and oxygen atoms in total. The van der Waals surface area contributed by atoms with Gasteiger partial charge in [0.1, 0.15) is 0 Å². The first kappa shape index (κ1) is 18.1. The van der Waals surface area contributed by atoms with Gasteiger partial charge >= 0.3 is 5.97 Å². The van der Waals surface area contributed by atoms with Gasteiger partial charge in [-0.15, -0.1) is 0 Å². The average Bonchev–Trinajstić information content (AvgIpc) is 2.61. The van der Waals surface area contributed by atoms with Crippen molar-refractivity contribution in [1.29, 1.82) is 0 Å². The Hall–Kier alpha value is -3.22. The summed E-state index contributed by atoms with van der Waals surface area (Å²) in [5.74, 6) is -0.589. The number of amides is 1. The first-order chi connectivity index (χ1) is 11.9. The van der Waals surface area contributed by atoms with E-state index in [9.17, 15) is 14.7 Å². The maximum atomic E-state index is 12.6. The molecule has 2 N–H and O–H groups in total. The van der Waals surface area contributed by atoms with Crippen molar-refractivity contribution in [2.75, 3.05) is 26.6 Å². The molecule has 0 spiro atoms. The molecule has 0 aliphatic carbocycles. The number of methoxy groups -OCH3 is 3. The number of carboxylic acid groups (broad SMARTS) is 1. The van der Waals surface area contributed by atoms with Crippen LogP contribution in [0.25, 0.3) is 0 Å². The third kappa shape index (κ3) is 3.65. The monoisotopic (exact) mass is 345 g/mol. The molecular weight excluding hydrogens is 326 g/mol. The Labute approximate surface area is 145 Å². The van der Waals surface area contributed by atoms with E-state index in [1.807, 2.05) is 0 Å². The van der Waals surface area contributed by atoms with Crippen molar-refractivity contribution in [1.82, 2.24) is 0 Å². The second-order valence-corrected chi connectivity index (χ2v) is 5.17. The van der Waals surface area contributed by atoms with Gasteiger partial charge < -0.3 is 24.6 Å². The minimum atomic E-state index is -1.12. The van der Waals surface area contributed by atoms with Gasteiger partial charge in [-0.2, -0.15) is 0 Å². The lowest BCUT2D eigenvalue weighted by atomic mass is 10.1. The second-order valence-electron chi connectivity index (χ2n) is 5.17. The summed E-state index contributed by atoms with van der Waals surface area (Å²) in [6, 6.07) is 7.76. The average molecular weight is 345 g/mol. The summed E-state index contributed by atoms with van der Waals surface area (Å²) in [6.45, 7) is 1.72. The van der Waals surface area contributed by atoms with Crippen molar-refractivity contribution in [3.63, 3.8) is 0 Å². The Morgan fingerprint density at radius 1 is 1.00 bits per heavy atom. The number of carbonyl (C=O) groups excluding carboxylic acids is 1. The number of ether oxygens (including phenoxy) is 3. The summed E-state index contributed by atoms with van der Waals surface area (Å²) in [5, 5.41) is 11.9. The quantitative estimate of drug-likeness (QED) is 0.836. The van der Waals surface area contributed by atoms with E-state index < -0.39 is 11.9 Å². The number of aromatic carboxylic acids is 1. The lowest BCUT2D eigenvalue weighted by Crippen LogP contribution is -2.16. The highest BCUT2D eigenvalue weighted by molar-refractivity contribution is 6.08. The Balaban J connectivity index is 2.45. The van der Waals surface area contributed by atoms with Crippen LogP contribution >= 0.6 is 0 Å². The van der Waals surface area contributed by atoms with Crippen LogP contribution < -0.4 is 19.5 Å². The van der Waals surface area contributed by atoms with E-state index in [1.165, 1.54) is 39.5 Å². The molecule has 0 saturated heterocycles. The van der Waals surface area contributed by atoms with Gasteiger partial charge in [-0.05, 0) is 30.7 Å². The zero-order valence-corrected chi connectivity index (χ0v) is 14.4. The number of anilines is 1. The lowest BCUT2D eigenvalue weighted by Gasteiger charge is -2.15. The molecule has 1 amide bonds. The number of aryl methyl sites for hydroxylation is 1. The normalized spacial score (nSPS) is 10.1. The van der Waals surface area contributed by atoms with Gasteiger partial charge in [-0.1, -0.05) is 12.1 Å². The van der Waals surface area contributed by atoms with Gasteiger partial charge in [0.2, 0.25) is 5.75 Å². The lowest BCUT2D eigenvalue weighted by molar-refractivity contribution is 0.0698. The molecule has 0 aliphatic heterocycles. The summed E-state index contributed by atoms with van der Waals surface area (Å²) in [4.78, 5) is 24.0. The van der Waals surface area contributed by atoms with E-state index >= 15 is 0 Å². The number of para-hydroxylation sites is 1. The number of carboxylic acids is 1. The maximum Gasteiger partial charge on any atom is 0.337 e. The number of rotatable bonds is 6. The fourth-order valence-corrected chi connectivity index (χ4v) is 2.41. The van der Waals surface area contributed by atoms with E-state index in [-0.39, 0.29) is 16.8 Å². The molecule has 25 heavy (non-hydrogen) atoms. The largest absolute Gasteiger partial charge is 0.493 e. The minimum absolute atomic E-state index is 0.0146. The standard InChI is InChI=1S/C18H19NO6/c1-10-6-5-7-12(18(21)22)15(10)19-17(20)11-8-13(23-2)16(25-4)14(9-11)24-3/h5-9H,1-4H3,(H,19,20)(H,21,22). The van der Waals surface area contributed by atoms with E-state index in [1.54, 1.807) is 19.1 Å². The summed E-state index contributed by atoms with van der Waals surface area (Å²) in [7, 11) is 4.36. The zero-order valence-electron chi connectivity index (χ0n) is 14.4. The summed E-state index contributed by atoms with van der Waals surface area (Å²) in [5.41, 5.74) is 1.14. The number of benzene rings is 2. The summed E-state index contributed by atoms with van der Waals surface area (Å²) < 4.78 is 15.7. The first-order valence-electron chi connectivity index (χ1n) is 7.37. The molecule has 0 fully saturated rings. The van der Waals surface area contributed by atoms with Crippen LogP contribution in [0.5, 0.6) is 17.2 Å².